The lowest BCUT2D eigenvalue weighted by Gasteiger charge is -2.20. The molecule has 0 spiro atoms. The number of hydrogen-bond donors (Lipinski definition) is 0. The molecule has 0 bridgehead atoms. The van der Waals surface area contributed by atoms with Crippen LogP contribution in [0.4, 0.5) is 0 Å². The van der Waals surface area contributed by atoms with E-state index in [1.54, 1.807) is 0 Å². The molecule has 0 aromatic carbocycles. The lowest BCUT2D eigenvalue weighted by Crippen LogP contribution is -2.06. The average Bonchev–Trinajstić information content (AvgIpc) is 2.03. The second-order valence-electron chi connectivity index (χ2n) is 2.89. The van der Waals surface area contributed by atoms with E-state index in [0.29, 0.717) is 0 Å². The first kappa shape index (κ1) is 8.49. The van der Waals surface area contributed by atoms with Crippen LogP contribution in [0.15, 0.2) is 0 Å². The van der Waals surface area contributed by atoms with Crippen LogP contribution in [-0.2, 0) is 4.52 Å². The van der Waals surface area contributed by atoms with Gasteiger partial charge in [0.2, 0.25) is 0 Å². The maximum atomic E-state index is 5.40. The predicted octanol–water partition coefficient (Wildman–Crippen LogP) is 2.95. The normalized spacial score (nSPS) is 22.5. The van der Waals surface area contributed by atoms with Gasteiger partial charge in [0.05, 0.1) is 0 Å². The first-order valence-corrected chi connectivity index (χ1v) is 5.29. The van der Waals surface area contributed by atoms with Crippen molar-refractivity contribution in [2.45, 2.75) is 44.7 Å². The predicted molar refractivity (Wildman–Crippen MR) is 46.8 cm³/mol. The third kappa shape index (κ3) is 2.98. The van der Waals surface area contributed by atoms with Crippen molar-refractivity contribution in [1.82, 2.24) is 0 Å². The Morgan fingerprint density at radius 3 is 2.60 bits per heavy atom. The maximum absolute atomic E-state index is 5.40. The number of rotatable bonds is 3. The highest BCUT2D eigenvalue weighted by atomic mass is 31.1. The van der Waals surface area contributed by atoms with Gasteiger partial charge in [-0.05, 0) is 19.8 Å². The van der Waals surface area contributed by atoms with Crippen molar-refractivity contribution >= 4 is 8.81 Å². The molecule has 0 heterocycles. The van der Waals surface area contributed by atoms with Crippen LogP contribution in [0.2, 0.25) is 0 Å². The summed E-state index contributed by atoms with van der Waals surface area (Å²) < 4.78 is 5.40. The molecule has 1 fully saturated rings. The zero-order valence-corrected chi connectivity index (χ0v) is 7.73. The molecule has 1 rings (SSSR count). The van der Waals surface area contributed by atoms with Gasteiger partial charge in [0.1, 0.15) is 0 Å². The van der Waals surface area contributed by atoms with Crippen LogP contribution >= 0.6 is 8.81 Å². The Labute approximate surface area is 65.4 Å². The van der Waals surface area contributed by atoms with Gasteiger partial charge in [-0.1, -0.05) is 19.3 Å². The van der Waals surface area contributed by atoms with Crippen LogP contribution in [0.25, 0.3) is 0 Å². The maximum Gasteiger partial charge on any atom is 0.0477 e. The Kier molecular flexibility index (Phi) is 4.32. The third-order valence-corrected chi connectivity index (χ3v) is 3.37. The van der Waals surface area contributed by atoms with Crippen molar-refractivity contribution in [2.24, 2.45) is 0 Å². The molecule has 1 unspecified atom stereocenters. The molecular weight excluding hydrogens is 143 g/mol. The summed E-state index contributed by atoms with van der Waals surface area (Å²) in [7, 11) is 0.781. The van der Waals surface area contributed by atoms with Gasteiger partial charge in [-0.2, -0.15) is 0 Å². The minimum Gasteiger partial charge on any atom is -0.362 e. The average molecular weight is 160 g/mol. The Bertz CT molecular complexity index is 79.3. The summed E-state index contributed by atoms with van der Waals surface area (Å²) in [6.45, 7) is 2.98. The Morgan fingerprint density at radius 1 is 1.30 bits per heavy atom. The minimum atomic E-state index is 0.781. The molecule has 0 saturated heterocycles. The summed E-state index contributed by atoms with van der Waals surface area (Å²) in [5, 5.41) is 0. The first-order valence-electron chi connectivity index (χ1n) is 4.31. The second-order valence-corrected chi connectivity index (χ2v) is 4.23. The van der Waals surface area contributed by atoms with Crippen LogP contribution in [0, 0.1) is 0 Å². The summed E-state index contributed by atoms with van der Waals surface area (Å²) >= 11 is 0. The van der Waals surface area contributed by atoms with E-state index in [1.807, 2.05) is 0 Å². The molecule has 1 nitrogen and oxygen atoms in total. The molecule has 10 heavy (non-hydrogen) atoms. The Hall–Kier alpha value is 0.390. The molecule has 0 aromatic rings. The molecule has 1 aliphatic rings. The van der Waals surface area contributed by atoms with Gasteiger partial charge in [0.25, 0.3) is 0 Å². The fraction of sp³-hybridized carbons (Fsp3) is 1.00. The highest BCUT2D eigenvalue weighted by Gasteiger charge is 2.12. The van der Waals surface area contributed by atoms with Crippen molar-refractivity contribution in [3.05, 3.63) is 0 Å². The molecule has 0 aromatic heterocycles. The van der Waals surface area contributed by atoms with E-state index in [1.165, 1.54) is 32.1 Å². The molecule has 2 heteroatoms. The third-order valence-electron chi connectivity index (χ3n) is 2.00. The summed E-state index contributed by atoms with van der Waals surface area (Å²) in [5.74, 6) is 0. The van der Waals surface area contributed by atoms with E-state index in [9.17, 15) is 0 Å². The molecule has 60 valence electrons. The highest BCUT2D eigenvalue weighted by molar-refractivity contribution is 7.33. The lowest BCUT2D eigenvalue weighted by molar-refractivity contribution is 0.374. The summed E-state index contributed by atoms with van der Waals surface area (Å²) in [6.07, 6.45) is 7.15. The van der Waals surface area contributed by atoms with Gasteiger partial charge in [0, 0.05) is 21.1 Å². The Balaban J connectivity index is 2.02. The van der Waals surface area contributed by atoms with E-state index in [2.05, 4.69) is 6.92 Å². The van der Waals surface area contributed by atoms with Gasteiger partial charge < -0.3 is 4.52 Å². The molecular formula is C8H17OP. The Morgan fingerprint density at radius 2 is 2.00 bits per heavy atom. The van der Waals surface area contributed by atoms with Gasteiger partial charge in [-0.25, -0.2) is 0 Å². The van der Waals surface area contributed by atoms with Gasteiger partial charge >= 0.3 is 0 Å². The van der Waals surface area contributed by atoms with Gasteiger partial charge in [0.15, 0.2) is 0 Å². The SMILES string of the molecule is CCOPC1CCCCC1. The molecule has 1 aliphatic carbocycles. The monoisotopic (exact) mass is 160 g/mol. The fourth-order valence-electron chi connectivity index (χ4n) is 1.42. The van der Waals surface area contributed by atoms with Gasteiger partial charge in [-0.15, -0.1) is 0 Å². The molecule has 1 saturated carbocycles. The highest BCUT2D eigenvalue weighted by Crippen LogP contribution is 2.32. The summed E-state index contributed by atoms with van der Waals surface area (Å²) in [6, 6.07) is 0. The topological polar surface area (TPSA) is 9.23 Å². The van der Waals surface area contributed by atoms with E-state index in [-0.39, 0.29) is 0 Å². The lowest BCUT2D eigenvalue weighted by atomic mass is 10.0. The zero-order valence-electron chi connectivity index (χ0n) is 6.73. The van der Waals surface area contributed by atoms with Crippen LogP contribution in [0.5, 0.6) is 0 Å². The minimum absolute atomic E-state index is 0.781. The quantitative estimate of drug-likeness (QED) is 0.577. The molecule has 0 N–H and O–H groups in total. The van der Waals surface area contributed by atoms with Gasteiger partial charge in [-0.3, -0.25) is 0 Å². The molecule has 0 aliphatic heterocycles. The summed E-state index contributed by atoms with van der Waals surface area (Å²) in [5.41, 5.74) is 0.911. The zero-order chi connectivity index (χ0) is 7.23. The first-order chi connectivity index (χ1) is 4.93. The fourth-order valence-corrected chi connectivity index (χ4v) is 2.47. The van der Waals surface area contributed by atoms with Crippen molar-refractivity contribution in [1.29, 1.82) is 0 Å². The van der Waals surface area contributed by atoms with Crippen molar-refractivity contribution in [2.75, 3.05) is 6.61 Å². The van der Waals surface area contributed by atoms with Crippen LogP contribution < -0.4 is 0 Å². The molecule has 1 atom stereocenters. The van der Waals surface area contributed by atoms with Crippen LogP contribution in [0.1, 0.15) is 39.0 Å². The van der Waals surface area contributed by atoms with Crippen LogP contribution in [0.3, 0.4) is 0 Å². The molecule has 0 radical (unpaired) electrons. The van der Waals surface area contributed by atoms with E-state index < -0.39 is 0 Å². The van der Waals surface area contributed by atoms with E-state index in [4.69, 9.17) is 4.52 Å². The van der Waals surface area contributed by atoms with Crippen molar-refractivity contribution in [3.8, 4) is 0 Å². The standard InChI is InChI=1S/C8H17OP/c1-2-9-10-8-6-4-3-5-7-8/h8,10H,2-7H2,1H3. The van der Waals surface area contributed by atoms with Crippen LogP contribution in [-0.4, -0.2) is 12.3 Å². The van der Waals surface area contributed by atoms with E-state index >= 15 is 0 Å². The second kappa shape index (κ2) is 5.09. The van der Waals surface area contributed by atoms with E-state index in [0.717, 1.165) is 21.1 Å². The van der Waals surface area contributed by atoms with Crippen molar-refractivity contribution in [3.63, 3.8) is 0 Å². The smallest absolute Gasteiger partial charge is 0.0477 e. The largest absolute Gasteiger partial charge is 0.362 e. The summed E-state index contributed by atoms with van der Waals surface area (Å²) in [4.78, 5) is 0. The van der Waals surface area contributed by atoms with Crippen molar-refractivity contribution < 1.29 is 4.52 Å². The molecule has 0 amide bonds. The number of hydrogen-bond acceptors (Lipinski definition) is 1.